The van der Waals surface area contributed by atoms with E-state index < -0.39 is 0 Å². The first-order chi connectivity index (χ1) is 9.42. The van der Waals surface area contributed by atoms with E-state index in [2.05, 4.69) is 28.0 Å². The smallest absolute Gasteiger partial charge is 0.128 e. The van der Waals surface area contributed by atoms with Gasteiger partial charge in [0.05, 0.1) is 5.69 Å². The molecule has 3 heterocycles. The summed E-state index contributed by atoms with van der Waals surface area (Å²) in [6, 6.07) is 6.53. The molecule has 0 atom stereocenters. The maximum Gasteiger partial charge on any atom is 0.128 e. The Balaban J connectivity index is 1.64. The van der Waals surface area contributed by atoms with Crippen LogP contribution in [0.1, 0.15) is 44.2 Å². The lowest BCUT2D eigenvalue weighted by Crippen LogP contribution is -2.31. The number of pyridine rings is 1. The summed E-state index contributed by atoms with van der Waals surface area (Å²) in [5.74, 6) is 1.19. The number of anilines is 1. The molecule has 19 heavy (non-hydrogen) atoms. The molecule has 1 aromatic rings. The minimum Gasteiger partial charge on any atom is -0.357 e. The molecule has 0 radical (unpaired) electrons. The Morgan fingerprint density at radius 3 is 2.26 bits per heavy atom. The van der Waals surface area contributed by atoms with Crippen molar-refractivity contribution in [3.63, 3.8) is 0 Å². The second-order valence-electron chi connectivity index (χ2n) is 5.87. The Morgan fingerprint density at radius 2 is 1.53 bits per heavy atom. The van der Waals surface area contributed by atoms with Crippen LogP contribution in [-0.2, 0) is 6.54 Å². The van der Waals surface area contributed by atoms with E-state index >= 15 is 0 Å². The minimum atomic E-state index is 1.03. The van der Waals surface area contributed by atoms with Crippen LogP contribution in [0, 0.1) is 0 Å². The van der Waals surface area contributed by atoms with E-state index in [1.807, 2.05) is 0 Å². The van der Waals surface area contributed by atoms with Gasteiger partial charge in [-0.2, -0.15) is 0 Å². The average molecular weight is 259 g/mol. The van der Waals surface area contributed by atoms with Crippen molar-refractivity contribution in [1.82, 2.24) is 9.88 Å². The highest BCUT2D eigenvalue weighted by Gasteiger charge is 2.14. The summed E-state index contributed by atoms with van der Waals surface area (Å²) in [4.78, 5) is 9.87. The summed E-state index contributed by atoms with van der Waals surface area (Å²) in [5.41, 5.74) is 1.24. The number of hydrogen-bond acceptors (Lipinski definition) is 3. The molecule has 0 saturated carbocycles. The SMILES string of the molecule is c1cc(CN2CCCCC2)nc(N2CCCCC2)c1. The molecule has 0 aromatic carbocycles. The van der Waals surface area contributed by atoms with Gasteiger partial charge in [-0.1, -0.05) is 12.5 Å². The Morgan fingerprint density at radius 1 is 0.842 bits per heavy atom. The Kier molecular flexibility index (Phi) is 4.34. The average Bonchev–Trinajstić information content (AvgIpc) is 2.49. The van der Waals surface area contributed by atoms with Crippen molar-refractivity contribution >= 4 is 5.82 Å². The zero-order valence-corrected chi connectivity index (χ0v) is 11.9. The number of rotatable bonds is 3. The van der Waals surface area contributed by atoms with Gasteiger partial charge in [0.25, 0.3) is 0 Å². The molecule has 0 amide bonds. The molecule has 2 aliphatic heterocycles. The molecule has 3 nitrogen and oxygen atoms in total. The lowest BCUT2D eigenvalue weighted by Gasteiger charge is -2.29. The fraction of sp³-hybridized carbons (Fsp3) is 0.688. The largest absolute Gasteiger partial charge is 0.357 e. The highest BCUT2D eigenvalue weighted by Crippen LogP contribution is 2.19. The van der Waals surface area contributed by atoms with Gasteiger partial charge < -0.3 is 4.90 Å². The first-order valence-electron chi connectivity index (χ1n) is 7.85. The third kappa shape index (κ3) is 3.47. The van der Waals surface area contributed by atoms with E-state index in [0.717, 1.165) is 6.54 Å². The van der Waals surface area contributed by atoms with Gasteiger partial charge in [0.2, 0.25) is 0 Å². The van der Waals surface area contributed by atoms with Crippen molar-refractivity contribution in [3.8, 4) is 0 Å². The Bertz CT molecular complexity index is 393. The number of nitrogens with zero attached hydrogens (tertiary/aromatic N) is 3. The van der Waals surface area contributed by atoms with Gasteiger partial charge in [0.1, 0.15) is 5.82 Å². The lowest BCUT2D eigenvalue weighted by molar-refractivity contribution is 0.218. The molecule has 2 saturated heterocycles. The maximum atomic E-state index is 4.87. The lowest BCUT2D eigenvalue weighted by atomic mass is 10.1. The van der Waals surface area contributed by atoms with E-state index in [0.29, 0.717) is 0 Å². The van der Waals surface area contributed by atoms with Crippen LogP contribution in [0.15, 0.2) is 18.2 Å². The van der Waals surface area contributed by atoms with Gasteiger partial charge >= 0.3 is 0 Å². The first-order valence-corrected chi connectivity index (χ1v) is 7.85. The zero-order chi connectivity index (χ0) is 12.9. The van der Waals surface area contributed by atoms with Crippen LogP contribution in [0.25, 0.3) is 0 Å². The molecular weight excluding hydrogens is 234 g/mol. The van der Waals surface area contributed by atoms with E-state index in [9.17, 15) is 0 Å². The van der Waals surface area contributed by atoms with Crippen LogP contribution in [0.4, 0.5) is 5.82 Å². The molecule has 3 rings (SSSR count). The molecule has 0 bridgehead atoms. The highest BCUT2D eigenvalue weighted by atomic mass is 15.2. The molecule has 0 aliphatic carbocycles. The van der Waals surface area contributed by atoms with Crippen LogP contribution in [0.5, 0.6) is 0 Å². The topological polar surface area (TPSA) is 19.4 Å². The van der Waals surface area contributed by atoms with Crippen LogP contribution in [-0.4, -0.2) is 36.1 Å². The van der Waals surface area contributed by atoms with Crippen LogP contribution < -0.4 is 4.90 Å². The van der Waals surface area contributed by atoms with Crippen molar-refractivity contribution in [2.24, 2.45) is 0 Å². The van der Waals surface area contributed by atoms with Crippen molar-refractivity contribution < 1.29 is 0 Å². The normalized spacial score (nSPS) is 21.6. The standard InChI is InChI=1S/C16H25N3/c1-3-10-18(11-4-1)14-15-8-7-9-16(17-15)19-12-5-2-6-13-19/h7-9H,1-6,10-14H2. The van der Waals surface area contributed by atoms with Gasteiger partial charge in [0, 0.05) is 19.6 Å². The van der Waals surface area contributed by atoms with Gasteiger partial charge in [-0.15, -0.1) is 0 Å². The quantitative estimate of drug-likeness (QED) is 0.831. The molecular formula is C16H25N3. The van der Waals surface area contributed by atoms with Crippen LogP contribution in [0.2, 0.25) is 0 Å². The van der Waals surface area contributed by atoms with Crippen molar-refractivity contribution in [2.75, 3.05) is 31.1 Å². The Labute approximate surface area is 116 Å². The summed E-state index contributed by atoms with van der Waals surface area (Å²) in [5, 5.41) is 0. The van der Waals surface area contributed by atoms with Crippen molar-refractivity contribution in [2.45, 2.75) is 45.1 Å². The predicted octanol–water partition coefficient (Wildman–Crippen LogP) is 3.06. The fourth-order valence-corrected chi connectivity index (χ4v) is 3.20. The monoisotopic (exact) mass is 259 g/mol. The Hall–Kier alpha value is -1.09. The maximum absolute atomic E-state index is 4.87. The molecule has 0 unspecified atom stereocenters. The van der Waals surface area contributed by atoms with E-state index in [-0.39, 0.29) is 0 Å². The second-order valence-corrected chi connectivity index (χ2v) is 5.87. The second kappa shape index (κ2) is 6.38. The summed E-state index contributed by atoms with van der Waals surface area (Å²) in [6.45, 7) is 5.88. The van der Waals surface area contributed by atoms with Gasteiger partial charge in [-0.3, -0.25) is 4.90 Å². The zero-order valence-electron chi connectivity index (χ0n) is 11.9. The predicted molar refractivity (Wildman–Crippen MR) is 79.4 cm³/mol. The van der Waals surface area contributed by atoms with Gasteiger partial charge in [0.15, 0.2) is 0 Å². The number of piperidine rings is 2. The molecule has 1 aromatic heterocycles. The number of likely N-dealkylation sites (tertiary alicyclic amines) is 1. The molecule has 0 N–H and O–H groups in total. The minimum absolute atomic E-state index is 1.03. The van der Waals surface area contributed by atoms with Crippen LogP contribution >= 0.6 is 0 Å². The molecule has 2 aliphatic rings. The van der Waals surface area contributed by atoms with Crippen molar-refractivity contribution in [3.05, 3.63) is 23.9 Å². The molecule has 2 fully saturated rings. The number of aromatic nitrogens is 1. The third-order valence-electron chi connectivity index (χ3n) is 4.31. The first kappa shape index (κ1) is 12.9. The van der Waals surface area contributed by atoms with E-state index in [1.165, 1.54) is 76.2 Å². The summed E-state index contributed by atoms with van der Waals surface area (Å²) >= 11 is 0. The van der Waals surface area contributed by atoms with Gasteiger partial charge in [-0.05, 0) is 57.3 Å². The van der Waals surface area contributed by atoms with Crippen molar-refractivity contribution in [1.29, 1.82) is 0 Å². The third-order valence-corrected chi connectivity index (χ3v) is 4.31. The van der Waals surface area contributed by atoms with Gasteiger partial charge in [-0.25, -0.2) is 4.98 Å². The highest BCUT2D eigenvalue weighted by molar-refractivity contribution is 5.39. The summed E-state index contributed by atoms with van der Waals surface area (Å²) < 4.78 is 0. The molecule has 104 valence electrons. The molecule has 0 spiro atoms. The van der Waals surface area contributed by atoms with E-state index in [4.69, 9.17) is 4.98 Å². The number of hydrogen-bond donors (Lipinski definition) is 0. The summed E-state index contributed by atoms with van der Waals surface area (Å²) in [7, 11) is 0. The summed E-state index contributed by atoms with van der Waals surface area (Å²) in [6.07, 6.45) is 8.12. The fourth-order valence-electron chi connectivity index (χ4n) is 3.20. The molecule has 3 heteroatoms. The van der Waals surface area contributed by atoms with E-state index in [1.54, 1.807) is 0 Å². The van der Waals surface area contributed by atoms with Crippen LogP contribution in [0.3, 0.4) is 0 Å².